The molecule has 1 saturated heterocycles. The molecule has 1 heterocycles. The fourth-order valence-electron chi connectivity index (χ4n) is 1.16. The first-order valence-electron chi connectivity index (χ1n) is 5.03. The Morgan fingerprint density at radius 3 is 2.62 bits per heavy atom. The van der Waals surface area contributed by atoms with Gasteiger partial charge in [-0.05, 0) is 5.92 Å². The monoisotopic (exact) mass is 229 g/mol. The van der Waals surface area contributed by atoms with Crippen LogP contribution < -0.4 is 16.4 Å². The van der Waals surface area contributed by atoms with Gasteiger partial charge in [0.25, 0.3) is 12.1 Å². The van der Waals surface area contributed by atoms with Crippen molar-refractivity contribution in [1.29, 1.82) is 0 Å². The molecule has 3 atom stereocenters. The summed E-state index contributed by atoms with van der Waals surface area (Å²) in [5, 5.41) is 4.10. The Bertz CT molecular complexity index is 318. The van der Waals surface area contributed by atoms with Gasteiger partial charge in [0.15, 0.2) is 0 Å². The number of carbonyl (C=O) groups is 3. The summed E-state index contributed by atoms with van der Waals surface area (Å²) in [6.07, 6.45) is -0.547. The molecular weight excluding hydrogens is 214 g/mol. The van der Waals surface area contributed by atoms with Crippen molar-refractivity contribution in [3.8, 4) is 0 Å². The van der Waals surface area contributed by atoms with Crippen molar-refractivity contribution in [2.75, 3.05) is 0 Å². The zero-order valence-electron chi connectivity index (χ0n) is 9.15. The van der Waals surface area contributed by atoms with Gasteiger partial charge >= 0.3 is 12.0 Å². The van der Waals surface area contributed by atoms with E-state index >= 15 is 0 Å². The molecule has 1 fully saturated rings. The quantitative estimate of drug-likeness (QED) is 0.426. The summed E-state index contributed by atoms with van der Waals surface area (Å²) in [6.45, 7) is 3.70. The largest absolute Gasteiger partial charge is 0.431 e. The minimum absolute atomic E-state index is 0.0485. The summed E-state index contributed by atoms with van der Waals surface area (Å²) in [4.78, 5) is 33.3. The van der Waals surface area contributed by atoms with Crippen molar-refractivity contribution in [3.05, 3.63) is 0 Å². The topological polar surface area (TPSA) is 111 Å². The lowest BCUT2D eigenvalue weighted by molar-refractivity contribution is -0.157. The second kappa shape index (κ2) is 4.93. The van der Waals surface area contributed by atoms with E-state index < -0.39 is 30.2 Å². The van der Waals surface area contributed by atoms with Gasteiger partial charge in [-0.3, -0.25) is 20.2 Å². The molecule has 4 N–H and O–H groups in total. The lowest BCUT2D eigenvalue weighted by atomic mass is 10.0. The van der Waals surface area contributed by atoms with Gasteiger partial charge in [0.1, 0.15) is 6.04 Å². The Balaban J connectivity index is 2.51. The van der Waals surface area contributed by atoms with E-state index in [1.807, 2.05) is 12.2 Å². The number of carbonyl (C=O) groups excluding carboxylic acids is 3. The summed E-state index contributed by atoms with van der Waals surface area (Å²) >= 11 is 0. The molecular formula is C9H15N3O4. The molecule has 0 aliphatic carbocycles. The van der Waals surface area contributed by atoms with E-state index in [0.717, 1.165) is 6.42 Å². The SMILES string of the molecule is CC[C@H](C)[C@H](N)C(=O)OC1NC(=O)NC1=O. The number of hydrogen-bond acceptors (Lipinski definition) is 5. The fourth-order valence-corrected chi connectivity index (χ4v) is 1.16. The van der Waals surface area contributed by atoms with Crippen LogP contribution in [0.25, 0.3) is 0 Å². The lowest BCUT2D eigenvalue weighted by Gasteiger charge is -2.18. The molecule has 90 valence electrons. The second-order valence-electron chi connectivity index (χ2n) is 3.69. The van der Waals surface area contributed by atoms with Crippen LogP contribution in [0.5, 0.6) is 0 Å². The second-order valence-corrected chi connectivity index (χ2v) is 3.69. The van der Waals surface area contributed by atoms with Gasteiger partial charge in [0.05, 0.1) is 0 Å². The first kappa shape index (κ1) is 12.4. The number of esters is 1. The first-order chi connectivity index (χ1) is 7.45. The molecule has 0 aromatic carbocycles. The summed E-state index contributed by atoms with van der Waals surface area (Å²) in [6, 6.07) is -1.48. The molecule has 0 aromatic rings. The third kappa shape index (κ3) is 2.69. The molecule has 0 aromatic heterocycles. The Kier molecular flexibility index (Phi) is 3.83. The number of ether oxygens (including phenoxy) is 1. The van der Waals surface area contributed by atoms with Gasteiger partial charge in [-0.15, -0.1) is 0 Å². The summed E-state index contributed by atoms with van der Waals surface area (Å²) in [5.74, 6) is -1.43. The molecule has 1 aliphatic rings. The highest BCUT2D eigenvalue weighted by molar-refractivity contribution is 6.04. The third-order valence-corrected chi connectivity index (χ3v) is 2.50. The van der Waals surface area contributed by atoms with Crippen LogP contribution in [-0.4, -0.2) is 30.2 Å². The highest BCUT2D eigenvalue weighted by atomic mass is 16.6. The summed E-state index contributed by atoms with van der Waals surface area (Å²) < 4.78 is 4.77. The zero-order valence-corrected chi connectivity index (χ0v) is 9.15. The van der Waals surface area contributed by atoms with Gasteiger partial charge in [-0.25, -0.2) is 4.79 Å². The lowest BCUT2D eigenvalue weighted by Crippen LogP contribution is -2.43. The maximum absolute atomic E-state index is 11.5. The van der Waals surface area contributed by atoms with E-state index in [2.05, 4.69) is 5.32 Å². The minimum Gasteiger partial charge on any atom is -0.431 e. The minimum atomic E-state index is -1.27. The van der Waals surface area contributed by atoms with E-state index in [4.69, 9.17) is 10.5 Å². The number of urea groups is 1. The van der Waals surface area contributed by atoms with E-state index in [1.54, 1.807) is 6.92 Å². The number of hydrogen-bond donors (Lipinski definition) is 3. The van der Waals surface area contributed by atoms with E-state index in [9.17, 15) is 14.4 Å². The van der Waals surface area contributed by atoms with Crippen LogP contribution in [0, 0.1) is 5.92 Å². The molecule has 1 rings (SSSR count). The van der Waals surface area contributed by atoms with Crippen molar-refractivity contribution in [2.24, 2.45) is 11.7 Å². The molecule has 0 bridgehead atoms. The van der Waals surface area contributed by atoms with Crippen molar-refractivity contribution in [1.82, 2.24) is 10.6 Å². The third-order valence-electron chi connectivity index (χ3n) is 2.50. The molecule has 0 radical (unpaired) electrons. The number of nitrogens with one attached hydrogen (secondary N) is 2. The van der Waals surface area contributed by atoms with E-state index in [-0.39, 0.29) is 5.92 Å². The molecule has 0 saturated carbocycles. The summed E-state index contributed by atoms with van der Waals surface area (Å²) in [5.41, 5.74) is 5.61. The Morgan fingerprint density at radius 1 is 1.56 bits per heavy atom. The van der Waals surface area contributed by atoms with Gasteiger partial charge in [0.2, 0.25) is 0 Å². The average molecular weight is 229 g/mol. The molecule has 1 aliphatic heterocycles. The van der Waals surface area contributed by atoms with Crippen LogP contribution in [0.1, 0.15) is 20.3 Å². The van der Waals surface area contributed by atoms with Crippen LogP contribution in [-0.2, 0) is 14.3 Å². The average Bonchev–Trinajstić information content (AvgIpc) is 2.55. The zero-order chi connectivity index (χ0) is 12.3. The number of amides is 3. The predicted molar refractivity (Wildman–Crippen MR) is 54.0 cm³/mol. The fraction of sp³-hybridized carbons (Fsp3) is 0.667. The van der Waals surface area contributed by atoms with Crippen molar-refractivity contribution in [2.45, 2.75) is 32.5 Å². The van der Waals surface area contributed by atoms with E-state index in [0.29, 0.717) is 0 Å². The molecule has 3 amide bonds. The first-order valence-corrected chi connectivity index (χ1v) is 5.03. The van der Waals surface area contributed by atoms with Crippen LogP contribution in [0.3, 0.4) is 0 Å². The van der Waals surface area contributed by atoms with Crippen molar-refractivity contribution in [3.63, 3.8) is 0 Å². The number of rotatable bonds is 4. The van der Waals surface area contributed by atoms with Crippen LogP contribution in [0.15, 0.2) is 0 Å². The van der Waals surface area contributed by atoms with E-state index in [1.165, 1.54) is 0 Å². The highest BCUT2D eigenvalue weighted by Crippen LogP contribution is 2.08. The van der Waals surface area contributed by atoms with Crippen molar-refractivity contribution >= 4 is 17.9 Å². The normalized spacial score (nSPS) is 23.3. The van der Waals surface area contributed by atoms with Crippen LogP contribution >= 0.6 is 0 Å². The number of imide groups is 1. The Hall–Kier alpha value is -1.63. The van der Waals surface area contributed by atoms with Crippen LogP contribution in [0.2, 0.25) is 0 Å². The van der Waals surface area contributed by atoms with Gasteiger partial charge in [0, 0.05) is 0 Å². The Morgan fingerprint density at radius 2 is 2.19 bits per heavy atom. The van der Waals surface area contributed by atoms with Crippen molar-refractivity contribution < 1.29 is 19.1 Å². The molecule has 16 heavy (non-hydrogen) atoms. The van der Waals surface area contributed by atoms with Gasteiger partial charge in [-0.1, -0.05) is 20.3 Å². The molecule has 7 heteroatoms. The number of nitrogens with two attached hydrogens (primary N) is 1. The standard InChI is InChI=1S/C9H15N3O4/c1-3-4(2)5(10)8(14)16-7-6(13)11-9(15)12-7/h4-5,7H,3,10H2,1-2H3,(H2,11,12,13,15)/t4-,5-,7?/m0/s1. The molecule has 1 unspecified atom stereocenters. The van der Waals surface area contributed by atoms with Gasteiger partial charge < -0.3 is 10.5 Å². The Labute approximate surface area is 92.7 Å². The predicted octanol–water partition coefficient (Wildman–Crippen LogP) is -0.931. The van der Waals surface area contributed by atoms with Crippen LogP contribution in [0.4, 0.5) is 4.79 Å². The summed E-state index contributed by atoms with van der Waals surface area (Å²) in [7, 11) is 0. The molecule has 7 nitrogen and oxygen atoms in total. The molecule has 0 spiro atoms. The maximum atomic E-state index is 11.5. The highest BCUT2D eigenvalue weighted by Gasteiger charge is 2.34. The van der Waals surface area contributed by atoms with Gasteiger partial charge in [-0.2, -0.15) is 0 Å². The smallest absolute Gasteiger partial charge is 0.325 e. The maximum Gasteiger partial charge on any atom is 0.325 e.